The van der Waals surface area contributed by atoms with E-state index < -0.39 is 16.5 Å². The highest BCUT2D eigenvalue weighted by Crippen LogP contribution is 2.43. The number of benzene rings is 3. The number of hydrogen-bond donors (Lipinski definition) is 1. The highest BCUT2D eigenvalue weighted by Gasteiger charge is 2.49. The molecule has 2 unspecified atom stereocenters. The second-order valence-electron chi connectivity index (χ2n) is 6.71. The van der Waals surface area contributed by atoms with Crippen molar-refractivity contribution in [3.8, 4) is 0 Å². The molecule has 3 aromatic rings. The van der Waals surface area contributed by atoms with Crippen molar-refractivity contribution in [2.45, 2.75) is 17.2 Å². The van der Waals surface area contributed by atoms with E-state index in [-0.39, 0.29) is 12.5 Å². The molecular formula is C22H18ClNO3S. The molecule has 0 saturated carbocycles. The summed E-state index contributed by atoms with van der Waals surface area (Å²) in [7, 11) is -1.07. The second-order valence-corrected chi connectivity index (χ2v) is 8.53. The number of nitrogens with zero attached hydrogens (tertiary/aromatic N) is 1. The van der Waals surface area contributed by atoms with Crippen LogP contribution in [0, 0.1) is 0 Å². The van der Waals surface area contributed by atoms with Crippen LogP contribution in [0.2, 0.25) is 5.02 Å². The van der Waals surface area contributed by atoms with Gasteiger partial charge in [-0.15, -0.1) is 0 Å². The van der Waals surface area contributed by atoms with E-state index >= 15 is 0 Å². The standard InChI is InChI=1S/C22H18ClNO3S/c1-28(27)18-12-6-15(7-13-18)14-24-21(25)19-4-2-3-5-20(19)22(24,26)16-8-10-17(23)11-9-16/h2-13,26H,14H2,1H3. The van der Waals surface area contributed by atoms with Crippen LogP contribution >= 0.6 is 11.6 Å². The first-order valence-corrected chi connectivity index (χ1v) is 10.7. The molecule has 1 aliphatic heterocycles. The first kappa shape index (κ1) is 18.9. The van der Waals surface area contributed by atoms with Crippen LogP contribution in [-0.2, 0) is 23.1 Å². The van der Waals surface area contributed by atoms with Gasteiger partial charge in [0.1, 0.15) is 0 Å². The molecule has 1 heterocycles. The minimum atomic E-state index is -1.59. The first-order chi connectivity index (χ1) is 13.4. The molecule has 1 aliphatic rings. The summed E-state index contributed by atoms with van der Waals surface area (Å²) in [6.45, 7) is 0.212. The Morgan fingerprint density at radius 1 is 1.00 bits per heavy atom. The fourth-order valence-electron chi connectivity index (χ4n) is 3.56. The molecule has 0 bridgehead atoms. The molecule has 4 rings (SSSR count). The third-order valence-corrected chi connectivity index (χ3v) is 6.20. The molecule has 2 atom stereocenters. The first-order valence-electron chi connectivity index (χ1n) is 8.73. The van der Waals surface area contributed by atoms with Crippen LogP contribution in [0.25, 0.3) is 0 Å². The van der Waals surface area contributed by atoms with Crippen LogP contribution in [0.3, 0.4) is 0 Å². The smallest absolute Gasteiger partial charge is 0.257 e. The predicted octanol–water partition coefficient (Wildman–Crippen LogP) is 3.93. The van der Waals surface area contributed by atoms with E-state index in [0.29, 0.717) is 26.6 Å². The monoisotopic (exact) mass is 411 g/mol. The van der Waals surface area contributed by atoms with E-state index in [1.165, 1.54) is 4.90 Å². The van der Waals surface area contributed by atoms with Crippen LogP contribution in [0.1, 0.15) is 27.0 Å². The highest BCUT2D eigenvalue weighted by atomic mass is 35.5. The van der Waals surface area contributed by atoms with Crippen molar-refractivity contribution >= 4 is 28.3 Å². The number of amides is 1. The van der Waals surface area contributed by atoms with E-state index in [1.807, 2.05) is 18.2 Å². The maximum Gasteiger partial charge on any atom is 0.257 e. The predicted molar refractivity (Wildman–Crippen MR) is 110 cm³/mol. The fourth-order valence-corrected chi connectivity index (χ4v) is 4.21. The largest absolute Gasteiger partial charge is 0.363 e. The van der Waals surface area contributed by atoms with Crippen LogP contribution in [0.15, 0.2) is 77.7 Å². The number of halogens is 1. The Morgan fingerprint density at radius 2 is 1.64 bits per heavy atom. The summed E-state index contributed by atoms with van der Waals surface area (Å²) in [4.78, 5) is 15.3. The molecule has 1 amide bonds. The molecule has 4 nitrogen and oxygen atoms in total. The lowest BCUT2D eigenvalue weighted by molar-refractivity contribution is -0.0542. The van der Waals surface area contributed by atoms with Gasteiger partial charge in [-0.05, 0) is 35.9 Å². The topological polar surface area (TPSA) is 57.6 Å². The number of carbonyl (C=O) groups is 1. The van der Waals surface area contributed by atoms with Crippen molar-refractivity contribution in [2.75, 3.05) is 6.26 Å². The van der Waals surface area contributed by atoms with Gasteiger partial charge in [0, 0.05) is 50.2 Å². The van der Waals surface area contributed by atoms with Crippen molar-refractivity contribution in [1.29, 1.82) is 0 Å². The number of rotatable bonds is 4. The van der Waals surface area contributed by atoms with E-state index in [0.717, 1.165) is 5.56 Å². The third kappa shape index (κ3) is 3.05. The van der Waals surface area contributed by atoms with Gasteiger partial charge in [-0.3, -0.25) is 13.9 Å². The van der Waals surface area contributed by atoms with Crippen LogP contribution in [0.5, 0.6) is 0 Å². The Morgan fingerprint density at radius 3 is 2.29 bits per heavy atom. The van der Waals surface area contributed by atoms with Crippen LogP contribution in [0.4, 0.5) is 0 Å². The van der Waals surface area contributed by atoms with Gasteiger partial charge in [0.25, 0.3) is 5.91 Å². The Labute approximate surface area is 170 Å². The van der Waals surface area contributed by atoms with Gasteiger partial charge < -0.3 is 5.11 Å². The zero-order valence-electron chi connectivity index (χ0n) is 15.1. The molecule has 0 aromatic heterocycles. The van der Waals surface area contributed by atoms with Crippen LogP contribution < -0.4 is 0 Å². The Hall–Kier alpha value is -2.47. The molecule has 142 valence electrons. The minimum absolute atomic E-state index is 0.212. The summed E-state index contributed by atoms with van der Waals surface area (Å²) in [6, 6.07) is 21.2. The maximum absolute atomic E-state index is 13.1. The van der Waals surface area contributed by atoms with Crippen LogP contribution in [-0.4, -0.2) is 26.4 Å². The number of hydrogen-bond acceptors (Lipinski definition) is 3. The molecule has 0 aliphatic carbocycles. The van der Waals surface area contributed by atoms with E-state index in [1.54, 1.807) is 60.9 Å². The summed E-state index contributed by atoms with van der Waals surface area (Å²) in [5.41, 5.74) is 0.842. The maximum atomic E-state index is 13.1. The van der Waals surface area contributed by atoms with E-state index in [9.17, 15) is 14.1 Å². The molecule has 0 fully saturated rings. The molecular weight excluding hydrogens is 394 g/mol. The van der Waals surface area contributed by atoms with Crippen molar-refractivity contribution in [3.05, 3.63) is 100 Å². The highest BCUT2D eigenvalue weighted by molar-refractivity contribution is 7.84. The molecule has 28 heavy (non-hydrogen) atoms. The SMILES string of the molecule is CS(=O)c1ccc(CN2C(=O)c3ccccc3C2(O)c2ccc(Cl)cc2)cc1. The van der Waals surface area contributed by atoms with Crippen molar-refractivity contribution in [3.63, 3.8) is 0 Å². The Kier molecular flexibility index (Phi) is 4.83. The van der Waals surface area contributed by atoms with Gasteiger partial charge in [-0.1, -0.05) is 54.1 Å². The lowest BCUT2D eigenvalue weighted by Gasteiger charge is -2.35. The van der Waals surface area contributed by atoms with Gasteiger partial charge in [0.2, 0.25) is 0 Å². The molecule has 1 N–H and O–H groups in total. The molecule has 6 heteroatoms. The molecule has 3 aromatic carbocycles. The third-order valence-electron chi connectivity index (χ3n) is 5.01. The zero-order chi connectivity index (χ0) is 19.9. The van der Waals surface area contributed by atoms with Gasteiger partial charge in [-0.25, -0.2) is 0 Å². The molecule has 0 spiro atoms. The van der Waals surface area contributed by atoms with Crippen molar-refractivity contribution < 1.29 is 14.1 Å². The minimum Gasteiger partial charge on any atom is -0.363 e. The Balaban J connectivity index is 1.79. The number of carbonyl (C=O) groups excluding carboxylic acids is 1. The summed E-state index contributed by atoms with van der Waals surface area (Å²) >= 11 is 6.01. The zero-order valence-corrected chi connectivity index (χ0v) is 16.7. The quantitative estimate of drug-likeness (QED) is 0.707. The summed E-state index contributed by atoms with van der Waals surface area (Å²) < 4.78 is 11.6. The lowest BCUT2D eigenvalue weighted by Crippen LogP contribution is -2.44. The van der Waals surface area contributed by atoms with Gasteiger partial charge in [0.15, 0.2) is 5.72 Å². The molecule has 0 saturated heterocycles. The fraction of sp³-hybridized carbons (Fsp3) is 0.136. The van der Waals surface area contributed by atoms with Gasteiger partial charge >= 0.3 is 0 Å². The summed E-state index contributed by atoms with van der Waals surface area (Å²) in [6.07, 6.45) is 1.62. The summed E-state index contributed by atoms with van der Waals surface area (Å²) in [5.74, 6) is -0.240. The number of aliphatic hydroxyl groups is 1. The average Bonchev–Trinajstić information content (AvgIpc) is 2.92. The molecule has 0 radical (unpaired) electrons. The lowest BCUT2D eigenvalue weighted by atomic mass is 9.93. The summed E-state index contributed by atoms with van der Waals surface area (Å²) in [5, 5.41) is 12.3. The van der Waals surface area contributed by atoms with E-state index in [2.05, 4.69) is 0 Å². The van der Waals surface area contributed by atoms with Crippen molar-refractivity contribution in [2.24, 2.45) is 0 Å². The normalized spacial score (nSPS) is 19.5. The second kappa shape index (κ2) is 7.17. The van der Waals surface area contributed by atoms with Gasteiger partial charge in [-0.2, -0.15) is 0 Å². The van der Waals surface area contributed by atoms with Crippen molar-refractivity contribution in [1.82, 2.24) is 4.90 Å². The van der Waals surface area contributed by atoms with E-state index in [4.69, 9.17) is 11.6 Å². The Bertz CT molecular complexity index is 1070. The van der Waals surface area contributed by atoms with Gasteiger partial charge in [0.05, 0.1) is 0 Å². The average molecular weight is 412 g/mol. The number of fused-ring (bicyclic) bond motifs is 1.